The summed E-state index contributed by atoms with van der Waals surface area (Å²) in [5.41, 5.74) is -0.769. The molecule has 130 valence electrons. The highest BCUT2D eigenvalue weighted by molar-refractivity contribution is 5.76. The maximum Gasteiger partial charge on any atom is 0.284 e. The van der Waals surface area contributed by atoms with Gasteiger partial charge in [0.15, 0.2) is 17.0 Å². The Morgan fingerprint density at radius 3 is 2.84 bits per heavy atom. The first-order chi connectivity index (χ1) is 12.0. The highest BCUT2D eigenvalue weighted by Crippen LogP contribution is 2.16. The predicted molar refractivity (Wildman–Crippen MR) is 84.1 cm³/mol. The number of benzene rings is 1. The number of hydrogen-bond donors (Lipinski definition) is 1. The topological polar surface area (TPSA) is 94.7 Å². The quantitative estimate of drug-likeness (QED) is 0.735. The third-order valence-corrected chi connectivity index (χ3v) is 3.45. The van der Waals surface area contributed by atoms with E-state index in [1.54, 1.807) is 0 Å². The zero-order valence-corrected chi connectivity index (χ0v) is 13.2. The van der Waals surface area contributed by atoms with Gasteiger partial charge in [-0.05, 0) is 18.6 Å². The number of aromatic nitrogens is 5. The van der Waals surface area contributed by atoms with Gasteiger partial charge in [0, 0.05) is 12.6 Å². The first kappa shape index (κ1) is 16.7. The Kier molecular flexibility index (Phi) is 4.50. The molecule has 0 saturated heterocycles. The van der Waals surface area contributed by atoms with Crippen molar-refractivity contribution in [1.82, 2.24) is 29.9 Å². The van der Waals surface area contributed by atoms with Crippen LogP contribution in [0.3, 0.4) is 0 Å². The average Bonchev–Trinajstić information content (AvgIpc) is 3.00. The van der Waals surface area contributed by atoms with E-state index < -0.39 is 17.2 Å². The summed E-state index contributed by atoms with van der Waals surface area (Å²) in [7, 11) is 0. The summed E-state index contributed by atoms with van der Waals surface area (Å²) in [6, 6.07) is 2.93. The minimum atomic E-state index is -0.864. The van der Waals surface area contributed by atoms with E-state index in [0.29, 0.717) is 12.6 Å². The molecule has 0 aliphatic heterocycles. The predicted octanol–water partition coefficient (Wildman–Crippen LogP) is 0.782. The van der Waals surface area contributed by atoms with Crippen molar-refractivity contribution in [2.24, 2.45) is 0 Å². The van der Waals surface area contributed by atoms with E-state index in [2.05, 4.69) is 20.6 Å². The molecule has 2 aromatic heterocycles. The van der Waals surface area contributed by atoms with E-state index in [1.165, 1.54) is 6.07 Å². The lowest BCUT2D eigenvalue weighted by Gasteiger charge is -2.06. The van der Waals surface area contributed by atoms with Crippen LogP contribution in [0.1, 0.15) is 13.3 Å². The SMILES string of the molecule is CCCNC(=O)Cn1cnc2c(nnn2-c2ccc(F)cc2F)c1=O. The normalized spacial score (nSPS) is 11.0. The molecule has 10 heteroatoms. The molecule has 1 aromatic carbocycles. The van der Waals surface area contributed by atoms with Crippen LogP contribution in [0.15, 0.2) is 29.3 Å². The fourth-order valence-electron chi connectivity index (χ4n) is 2.25. The van der Waals surface area contributed by atoms with Gasteiger partial charge in [-0.1, -0.05) is 12.1 Å². The van der Waals surface area contributed by atoms with Crippen molar-refractivity contribution < 1.29 is 13.6 Å². The lowest BCUT2D eigenvalue weighted by Crippen LogP contribution is -2.32. The second-order valence-corrected chi connectivity index (χ2v) is 5.30. The third-order valence-electron chi connectivity index (χ3n) is 3.45. The second-order valence-electron chi connectivity index (χ2n) is 5.30. The summed E-state index contributed by atoms with van der Waals surface area (Å²) in [6.45, 7) is 2.20. The van der Waals surface area contributed by atoms with E-state index in [9.17, 15) is 18.4 Å². The highest BCUT2D eigenvalue weighted by Gasteiger charge is 2.17. The van der Waals surface area contributed by atoms with E-state index in [1.807, 2.05) is 6.92 Å². The molecule has 0 aliphatic rings. The number of nitrogens with zero attached hydrogens (tertiary/aromatic N) is 5. The van der Waals surface area contributed by atoms with Gasteiger partial charge < -0.3 is 5.32 Å². The van der Waals surface area contributed by atoms with E-state index in [-0.39, 0.29) is 29.3 Å². The zero-order chi connectivity index (χ0) is 18.0. The molecule has 0 fully saturated rings. The molecule has 3 rings (SSSR count). The van der Waals surface area contributed by atoms with Gasteiger partial charge in [0.1, 0.15) is 24.4 Å². The Balaban J connectivity index is 1.99. The fraction of sp³-hybridized carbons (Fsp3) is 0.267. The number of fused-ring (bicyclic) bond motifs is 1. The fourth-order valence-corrected chi connectivity index (χ4v) is 2.25. The summed E-state index contributed by atoms with van der Waals surface area (Å²) in [5.74, 6) is -1.93. The average molecular weight is 348 g/mol. The van der Waals surface area contributed by atoms with Gasteiger partial charge in [0.05, 0.1) is 0 Å². The van der Waals surface area contributed by atoms with Crippen LogP contribution in [0.2, 0.25) is 0 Å². The van der Waals surface area contributed by atoms with E-state index >= 15 is 0 Å². The van der Waals surface area contributed by atoms with Crippen molar-refractivity contribution in [3.8, 4) is 5.69 Å². The lowest BCUT2D eigenvalue weighted by molar-refractivity contribution is -0.121. The molecule has 25 heavy (non-hydrogen) atoms. The van der Waals surface area contributed by atoms with Gasteiger partial charge in [0.25, 0.3) is 5.56 Å². The number of amides is 1. The minimum Gasteiger partial charge on any atom is -0.355 e. The van der Waals surface area contributed by atoms with Gasteiger partial charge in [-0.2, -0.15) is 4.68 Å². The number of carbonyl (C=O) groups excluding carboxylic acids is 1. The van der Waals surface area contributed by atoms with Crippen LogP contribution in [0.5, 0.6) is 0 Å². The van der Waals surface area contributed by atoms with Crippen LogP contribution >= 0.6 is 0 Å². The third kappa shape index (κ3) is 3.23. The molecule has 0 spiro atoms. The zero-order valence-electron chi connectivity index (χ0n) is 13.2. The van der Waals surface area contributed by atoms with Crippen molar-refractivity contribution in [1.29, 1.82) is 0 Å². The summed E-state index contributed by atoms with van der Waals surface area (Å²) < 4.78 is 29.1. The van der Waals surface area contributed by atoms with E-state index in [0.717, 1.165) is 28.1 Å². The summed E-state index contributed by atoms with van der Waals surface area (Å²) >= 11 is 0. The standard InChI is InChI=1S/C15H14F2N6O2/c1-2-5-18-12(24)7-22-8-19-14-13(15(22)25)20-21-23(14)11-4-3-9(16)6-10(11)17/h3-4,6,8H,2,5,7H2,1H3,(H,18,24). The number of hydrogen-bond acceptors (Lipinski definition) is 5. The van der Waals surface area contributed by atoms with Crippen LogP contribution in [-0.4, -0.2) is 37.0 Å². The molecule has 3 aromatic rings. The Bertz CT molecular complexity index is 997. The number of rotatable bonds is 5. The number of carbonyl (C=O) groups is 1. The Morgan fingerprint density at radius 2 is 2.12 bits per heavy atom. The maximum absolute atomic E-state index is 13.9. The first-order valence-electron chi connectivity index (χ1n) is 7.54. The maximum atomic E-state index is 13.9. The van der Waals surface area contributed by atoms with Crippen molar-refractivity contribution >= 4 is 17.1 Å². The molecule has 1 N–H and O–H groups in total. The Morgan fingerprint density at radius 1 is 1.32 bits per heavy atom. The van der Waals surface area contributed by atoms with Gasteiger partial charge in [-0.25, -0.2) is 13.8 Å². The molecule has 0 unspecified atom stereocenters. The van der Waals surface area contributed by atoms with Crippen LogP contribution in [0.4, 0.5) is 8.78 Å². The molecule has 2 heterocycles. The number of nitrogens with one attached hydrogen (secondary N) is 1. The monoisotopic (exact) mass is 348 g/mol. The first-order valence-corrected chi connectivity index (χ1v) is 7.54. The Labute approximate surface area is 140 Å². The summed E-state index contributed by atoms with van der Waals surface area (Å²) in [4.78, 5) is 28.2. The van der Waals surface area contributed by atoms with Crippen LogP contribution in [-0.2, 0) is 11.3 Å². The summed E-state index contributed by atoms with van der Waals surface area (Å²) in [5, 5.41) is 10.1. The van der Waals surface area contributed by atoms with E-state index in [4.69, 9.17) is 0 Å². The molecule has 0 atom stereocenters. The molecule has 1 amide bonds. The molecule has 0 bridgehead atoms. The molecule has 0 aliphatic carbocycles. The van der Waals surface area contributed by atoms with Gasteiger partial charge >= 0.3 is 0 Å². The molecular formula is C15H14F2N6O2. The molecule has 0 saturated carbocycles. The van der Waals surface area contributed by atoms with Gasteiger partial charge in [-0.3, -0.25) is 14.2 Å². The molecular weight excluding hydrogens is 334 g/mol. The van der Waals surface area contributed by atoms with Crippen molar-refractivity contribution in [3.63, 3.8) is 0 Å². The smallest absolute Gasteiger partial charge is 0.284 e. The lowest BCUT2D eigenvalue weighted by atomic mass is 10.3. The van der Waals surface area contributed by atoms with Crippen LogP contribution in [0, 0.1) is 11.6 Å². The molecule has 8 nitrogen and oxygen atoms in total. The van der Waals surface area contributed by atoms with Crippen molar-refractivity contribution in [2.75, 3.05) is 6.54 Å². The van der Waals surface area contributed by atoms with Crippen LogP contribution < -0.4 is 10.9 Å². The number of halogens is 2. The minimum absolute atomic E-state index is 0.0146. The van der Waals surface area contributed by atoms with Crippen molar-refractivity contribution in [2.45, 2.75) is 19.9 Å². The second kappa shape index (κ2) is 6.75. The van der Waals surface area contributed by atoms with Crippen molar-refractivity contribution in [3.05, 3.63) is 46.5 Å². The summed E-state index contributed by atoms with van der Waals surface area (Å²) in [6.07, 6.45) is 1.94. The molecule has 0 radical (unpaired) electrons. The van der Waals surface area contributed by atoms with Crippen LogP contribution in [0.25, 0.3) is 16.9 Å². The highest BCUT2D eigenvalue weighted by atomic mass is 19.1. The largest absolute Gasteiger partial charge is 0.355 e. The van der Waals surface area contributed by atoms with Gasteiger partial charge in [-0.15, -0.1) is 5.10 Å². The Hall–Kier alpha value is -3.17. The van der Waals surface area contributed by atoms with Gasteiger partial charge in [0.2, 0.25) is 5.91 Å².